The molecule has 16 heteroatoms. The minimum atomic E-state index is -4.94. The van der Waals surface area contributed by atoms with Crippen molar-refractivity contribution in [2.24, 2.45) is 0 Å². The topological polar surface area (TPSA) is 228 Å². The molecule has 2 heterocycles. The first-order valence-corrected chi connectivity index (χ1v) is 16.1. The summed E-state index contributed by atoms with van der Waals surface area (Å²) in [4.78, 5) is 0. The lowest BCUT2D eigenvalue weighted by molar-refractivity contribution is -2.00. The Bertz CT molecular complexity index is 1710. The van der Waals surface area contributed by atoms with Crippen molar-refractivity contribution in [2.45, 2.75) is 20.3 Å². The van der Waals surface area contributed by atoms with Crippen LogP contribution in [-0.2, 0) is 6.42 Å². The molecule has 0 amide bonds. The number of hydrogen-bond acceptors (Lipinski definition) is 10. The summed E-state index contributed by atoms with van der Waals surface area (Å²) < 4.78 is 76.4. The van der Waals surface area contributed by atoms with Crippen molar-refractivity contribution in [3.63, 3.8) is 0 Å². The molecule has 0 fully saturated rings. The molecule has 6 aromatic rings. The maximum atomic E-state index is 8.49. The quantitative estimate of drug-likeness (QED) is 0.152. The highest BCUT2D eigenvalue weighted by atomic mass is 35.7. The van der Waals surface area contributed by atoms with Gasteiger partial charge >= 0.3 is 0 Å². The molecule has 14 nitrogen and oxygen atoms in total. The molecule has 0 unspecified atom stereocenters. The van der Waals surface area contributed by atoms with Crippen LogP contribution in [0.3, 0.4) is 0 Å². The average molecular weight is 684 g/mol. The Balaban J connectivity index is 0.000000439. The van der Waals surface area contributed by atoms with Gasteiger partial charge in [0.15, 0.2) is 0 Å². The van der Waals surface area contributed by atoms with Gasteiger partial charge in [-0.25, -0.2) is 37.3 Å². The number of halogens is 2. The molecule has 0 saturated heterocycles. The Morgan fingerprint density at radius 1 is 0.468 bits per heavy atom. The van der Waals surface area contributed by atoms with E-state index in [1.165, 1.54) is 0 Å². The molecule has 0 aliphatic rings. The summed E-state index contributed by atoms with van der Waals surface area (Å²) in [6.45, 7) is 4.21. The molecule has 0 saturated carbocycles. The van der Waals surface area contributed by atoms with Crippen LogP contribution in [0.2, 0.25) is 0 Å². The van der Waals surface area contributed by atoms with Gasteiger partial charge in [0.2, 0.25) is 11.6 Å². The van der Waals surface area contributed by atoms with Crippen LogP contribution in [0.4, 0.5) is 0 Å². The number of benzene rings is 4. The first kappa shape index (κ1) is 35.3. The van der Waals surface area contributed by atoms with Gasteiger partial charge in [-0.1, -0.05) is 82.2 Å². The Morgan fingerprint density at radius 3 is 1.00 bits per heavy atom. The maximum Gasteiger partial charge on any atom is 0.293 e. The van der Waals surface area contributed by atoms with E-state index in [0.29, 0.717) is 6.42 Å². The Labute approximate surface area is 273 Å². The molecule has 0 bridgehead atoms. The monoisotopic (exact) mass is 682 g/mol. The number of hydrogen-bond donors (Lipinski definition) is 0. The third-order valence-corrected chi connectivity index (χ3v) is 6.55. The van der Waals surface area contributed by atoms with Gasteiger partial charge in [0, 0.05) is 24.0 Å². The van der Waals surface area contributed by atoms with Crippen LogP contribution in [0.15, 0.2) is 121 Å². The lowest BCUT2D eigenvalue weighted by atomic mass is 10.2. The van der Waals surface area contributed by atoms with Gasteiger partial charge in [-0.3, -0.25) is 0 Å². The number of nitrogens with zero attached hydrogens (tertiary/aromatic N) is 6. The predicted octanol–water partition coefficient (Wildman–Crippen LogP) is -4.69. The normalized spacial score (nSPS) is 11.3. The number of rotatable bonds is 6. The summed E-state index contributed by atoms with van der Waals surface area (Å²) in [5.41, 5.74) is 4.20. The van der Waals surface area contributed by atoms with E-state index in [1.54, 1.807) is 0 Å². The zero-order chi connectivity index (χ0) is 34.2. The van der Waals surface area contributed by atoms with Gasteiger partial charge in [-0.15, -0.1) is 20.5 Å². The van der Waals surface area contributed by atoms with Crippen LogP contribution in [0.1, 0.15) is 23.3 Å². The second kappa shape index (κ2) is 15.3. The van der Waals surface area contributed by atoms with E-state index in [1.807, 2.05) is 57.9 Å². The lowest BCUT2D eigenvalue weighted by Crippen LogP contribution is -2.68. The minimum absolute atomic E-state index is 0.547. The molecule has 0 atom stereocenters. The predicted molar refractivity (Wildman–Crippen MR) is 142 cm³/mol. The van der Waals surface area contributed by atoms with Crippen molar-refractivity contribution in [3.05, 3.63) is 145 Å². The van der Waals surface area contributed by atoms with Gasteiger partial charge < -0.3 is 0 Å². The molecule has 6 rings (SSSR count). The lowest BCUT2D eigenvalue weighted by Gasteiger charge is -2.17. The Morgan fingerprint density at radius 2 is 0.723 bits per heavy atom. The van der Waals surface area contributed by atoms with E-state index in [9.17, 15) is 0 Å². The standard InChI is InChI=1S/C31H28N6.2ClHO4/c1-24-34(26-15-7-3-8-16-26)30(32-36(24)28-19-11-5-12-20-28)23-31-33-37(29-21-13-6-14-22-29)25(2)35(31)27-17-9-4-10-18-27;2*2-1(3,4)5/h3-22H,23H2,1-2H3;2*(H,2,3,4,5)/q+2;;/p-2. The summed E-state index contributed by atoms with van der Waals surface area (Å²) in [6, 6.07) is 41.3. The van der Waals surface area contributed by atoms with E-state index >= 15 is 0 Å². The fourth-order valence-corrected chi connectivity index (χ4v) is 4.85. The molecule has 244 valence electrons. The summed E-state index contributed by atoms with van der Waals surface area (Å²) in [7, 11) is -9.89. The molecule has 0 radical (unpaired) electrons. The van der Waals surface area contributed by atoms with Crippen molar-refractivity contribution >= 4 is 0 Å². The average Bonchev–Trinajstić information content (AvgIpc) is 3.52. The van der Waals surface area contributed by atoms with Crippen molar-refractivity contribution in [1.29, 1.82) is 0 Å². The number of para-hydroxylation sites is 4. The SMILES string of the molecule is Cc1n(-c2ccccc2)nc(Cc2nn(-c3ccccc3)c(C)[n+]2-c2ccccc2)[n+]1-c1ccccc1.[O-][Cl+3]([O-])([O-])[O-].[O-][Cl+3]([O-])([O-])[O-]. The number of aromatic nitrogens is 6. The van der Waals surface area contributed by atoms with Gasteiger partial charge in [0.1, 0.15) is 29.2 Å². The van der Waals surface area contributed by atoms with E-state index in [-0.39, 0.29) is 0 Å². The van der Waals surface area contributed by atoms with Crippen LogP contribution in [0, 0.1) is 34.3 Å². The van der Waals surface area contributed by atoms with Crippen molar-refractivity contribution < 1.29 is 66.9 Å². The Hall–Kier alpha value is -4.58. The fourth-order valence-electron chi connectivity index (χ4n) is 4.85. The molecule has 2 aromatic heterocycles. The molecular weight excluding hydrogens is 655 g/mol. The van der Waals surface area contributed by atoms with Crippen molar-refractivity contribution in [1.82, 2.24) is 19.6 Å². The maximum absolute atomic E-state index is 8.49. The first-order valence-electron chi connectivity index (χ1n) is 13.7. The van der Waals surface area contributed by atoms with Crippen LogP contribution >= 0.6 is 0 Å². The summed E-state index contributed by atoms with van der Waals surface area (Å²) in [5.74, 6) is 3.88. The molecule has 0 N–H and O–H groups in total. The zero-order valence-corrected chi connectivity index (χ0v) is 26.5. The van der Waals surface area contributed by atoms with Gasteiger partial charge in [0.05, 0.1) is 0 Å². The molecule has 0 spiro atoms. The summed E-state index contributed by atoms with van der Waals surface area (Å²) >= 11 is 0. The summed E-state index contributed by atoms with van der Waals surface area (Å²) in [6.07, 6.45) is 0.547. The van der Waals surface area contributed by atoms with Crippen LogP contribution in [-0.4, -0.2) is 19.6 Å². The largest absolute Gasteiger partial charge is 0.293 e. The van der Waals surface area contributed by atoms with E-state index < -0.39 is 20.5 Å². The fraction of sp³-hybridized carbons (Fsp3) is 0.0968. The highest BCUT2D eigenvalue weighted by Gasteiger charge is 2.32. The van der Waals surface area contributed by atoms with E-state index in [2.05, 4.69) is 95.8 Å². The highest BCUT2D eigenvalue weighted by molar-refractivity contribution is 5.33. The molecule has 0 aliphatic carbocycles. The van der Waals surface area contributed by atoms with Gasteiger partial charge in [-0.05, 0) is 48.5 Å². The van der Waals surface area contributed by atoms with Crippen LogP contribution in [0.25, 0.3) is 22.7 Å². The van der Waals surface area contributed by atoms with Crippen LogP contribution in [0.5, 0.6) is 0 Å². The zero-order valence-electron chi connectivity index (χ0n) is 25.0. The summed E-state index contributed by atoms with van der Waals surface area (Å²) in [5, 5.41) is 10.2. The Kier molecular flexibility index (Phi) is 11.5. The highest BCUT2D eigenvalue weighted by Crippen LogP contribution is 2.15. The second-order valence-corrected chi connectivity index (χ2v) is 11.2. The third kappa shape index (κ3) is 10.2. The second-order valence-electron chi connectivity index (χ2n) is 9.70. The molecule has 47 heavy (non-hydrogen) atoms. The van der Waals surface area contributed by atoms with E-state index in [4.69, 9.17) is 47.5 Å². The third-order valence-electron chi connectivity index (χ3n) is 6.55. The molecule has 0 aliphatic heterocycles. The molecular formula is C31H28Cl2N6O8. The van der Waals surface area contributed by atoms with Gasteiger partial charge in [-0.2, -0.15) is 9.13 Å². The smallest absolute Gasteiger partial charge is 0.222 e. The van der Waals surface area contributed by atoms with Crippen molar-refractivity contribution in [3.8, 4) is 22.7 Å². The first-order chi connectivity index (χ1) is 22.2. The molecule has 4 aromatic carbocycles. The van der Waals surface area contributed by atoms with E-state index in [0.717, 1.165) is 46.0 Å². The van der Waals surface area contributed by atoms with Crippen LogP contribution < -0.4 is 46.4 Å². The minimum Gasteiger partial charge on any atom is -0.222 e. The van der Waals surface area contributed by atoms with Gasteiger partial charge in [0.25, 0.3) is 11.6 Å². The van der Waals surface area contributed by atoms with Crippen molar-refractivity contribution in [2.75, 3.05) is 0 Å².